The third-order valence-electron chi connectivity index (χ3n) is 4.48. The van der Waals surface area contributed by atoms with E-state index in [1.165, 1.54) is 31.2 Å². The van der Waals surface area contributed by atoms with E-state index in [-0.39, 0.29) is 5.91 Å². The first kappa shape index (κ1) is 19.7. The number of unbranched alkanes of at least 4 members (excludes halogenated alkanes) is 2. The summed E-state index contributed by atoms with van der Waals surface area (Å²) in [5.74, 6) is 0.290. The molecule has 130 valence electrons. The van der Waals surface area contributed by atoms with Crippen LogP contribution in [0.5, 0.6) is 0 Å². The van der Waals surface area contributed by atoms with Crippen LogP contribution in [-0.2, 0) is 11.2 Å². The van der Waals surface area contributed by atoms with Gasteiger partial charge < -0.3 is 4.90 Å². The van der Waals surface area contributed by atoms with Crippen LogP contribution < -0.4 is 4.90 Å². The van der Waals surface area contributed by atoms with E-state index in [0.29, 0.717) is 12.5 Å². The number of amides is 1. The lowest BCUT2D eigenvalue weighted by Crippen LogP contribution is -2.40. The Bertz CT molecular complexity index is 447. The van der Waals surface area contributed by atoms with Gasteiger partial charge in [0.1, 0.15) is 0 Å². The zero-order chi connectivity index (χ0) is 17.1. The lowest BCUT2D eigenvalue weighted by molar-refractivity contribution is -0.119. The van der Waals surface area contributed by atoms with Crippen LogP contribution in [0, 0.1) is 0 Å². The molecule has 0 aliphatic heterocycles. The molecule has 0 aliphatic rings. The Morgan fingerprint density at radius 2 is 1.65 bits per heavy atom. The molecule has 1 rings (SSSR count). The number of carbonyl (C=O) groups excluding carboxylic acids is 1. The first-order valence-electron chi connectivity index (χ1n) is 9.58. The molecule has 1 aromatic rings. The Kier molecular flexibility index (Phi) is 9.66. The predicted octanol–water partition coefficient (Wildman–Crippen LogP) is 6.13. The molecule has 0 fully saturated rings. The van der Waals surface area contributed by atoms with E-state index >= 15 is 0 Å². The predicted molar refractivity (Wildman–Crippen MR) is 101 cm³/mol. The summed E-state index contributed by atoms with van der Waals surface area (Å²) in [6.07, 6.45) is 9.56. The molecule has 0 saturated heterocycles. The van der Waals surface area contributed by atoms with Gasteiger partial charge >= 0.3 is 0 Å². The summed E-state index contributed by atoms with van der Waals surface area (Å²) in [7, 11) is 0. The summed E-state index contributed by atoms with van der Waals surface area (Å²) in [6, 6.07) is 8.91. The Morgan fingerprint density at radius 1 is 1.00 bits per heavy atom. The van der Waals surface area contributed by atoms with Gasteiger partial charge in [0.15, 0.2) is 0 Å². The van der Waals surface area contributed by atoms with Gasteiger partial charge in [0.2, 0.25) is 5.91 Å². The van der Waals surface area contributed by atoms with Crippen LogP contribution in [0.1, 0.15) is 84.6 Å². The lowest BCUT2D eigenvalue weighted by atomic mass is 9.99. The molecule has 23 heavy (non-hydrogen) atoms. The Hall–Kier alpha value is -1.31. The monoisotopic (exact) mass is 317 g/mol. The highest BCUT2D eigenvalue weighted by atomic mass is 16.2. The molecular formula is C21H35NO. The van der Waals surface area contributed by atoms with Gasteiger partial charge in [-0.3, -0.25) is 4.79 Å². The maximum absolute atomic E-state index is 12.8. The molecule has 1 aromatic carbocycles. The van der Waals surface area contributed by atoms with E-state index in [1.807, 2.05) is 0 Å². The van der Waals surface area contributed by atoms with Gasteiger partial charge in [0, 0.05) is 18.2 Å². The van der Waals surface area contributed by atoms with Crippen LogP contribution in [0.2, 0.25) is 0 Å². The van der Waals surface area contributed by atoms with Crippen molar-refractivity contribution in [2.24, 2.45) is 0 Å². The van der Waals surface area contributed by atoms with Crippen LogP contribution in [-0.4, -0.2) is 11.9 Å². The van der Waals surface area contributed by atoms with E-state index in [4.69, 9.17) is 0 Å². The quantitative estimate of drug-likeness (QED) is 0.480. The van der Waals surface area contributed by atoms with Crippen LogP contribution in [0.4, 0.5) is 5.69 Å². The summed E-state index contributed by atoms with van der Waals surface area (Å²) in [5, 5.41) is 0. The van der Waals surface area contributed by atoms with Crippen molar-refractivity contribution in [1.29, 1.82) is 0 Å². The normalized spacial score (nSPS) is 11.0. The maximum Gasteiger partial charge on any atom is 0.227 e. The number of hydrogen-bond donors (Lipinski definition) is 0. The van der Waals surface area contributed by atoms with E-state index in [0.717, 1.165) is 31.4 Å². The molecule has 0 N–H and O–H groups in total. The zero-order valence-corrected chi connectivity index (χ0v) is 15.6. The Morgan fingerprint density at radius 3 is 2.17 bits per heavy atom. The largest absolute Gasteiger partial charge is 0.309 e. The SMILES string of the molecule is CCCCC(CCCC)N(C(=O)CCC)c1cccc(CC)c1. The fourth-order valence-corrected chi connectivity index (χ4v) is 3.10. The number of benzene rings is 1. The van der Waals surface area contributed by atoms with Crippen molar-refractivity contribution in [2.75, 3.05) is 4.90 Å². The first-order chi connectivity index (χ1) is 11.2. The smallest absolute Gasteiger partial charge is 0.227 e. The minimum absolute atomic E-state index is 0.290. The second-order valence-corrected chi connectivity index (χ2v) is 6.48. The average Bonchev–Trinajstić information content (AvgIpc) is 2.57. The summed E-state index contributed by atoms with van der Waals surface area (Å²) >= 11 is 0. The van der Waals surface area contributed by atoms with Gasteiger partial charge in [-0.15, -0.1) is 0 Å². The highest BCUT2D eigenvalue weighted by Crippen LogP contribution is 2.26. The number of anilines is 1. The number of carbonyl (C=O) groups is 1. The molecule has 0 aromatic heterocycles. The third-order valence-corrected chi connectivity index (χ3v) is 4.48. The molecule has 0 heterocycles. The molecule has 0 bridgehead atoms. The van der Waals surface area contributed by atoms with Crippen molar-refractivity contribution < 1.29 is 4.79 Å². The number of hydrogen-bond acceptors (Lipinski definition) is 1. The second-order valence-electron chi connectivity index (χ2n) is 6.48. The minimum Gasteiger partial charge on any atom is -0.309 e. The zero-order valence-electron chi connectivity index (χ0n) is 15.6. The van der Waals surface area contributed by atoms with Gasteiger partial charge in [0.25, 0.3) is 0 Å². The van der Waals surface area contributed by atoms with E-state index < -0.39 is 0 Å². The van der Waals surface area contributed by atoms with Crippen molar-refractivity contribution in [2.45, 2.75) is 91.5 Å². The number of aryl methyl sites for hydroxylation is 1. The van der Waals surface area contributed by atoms with Gasteiger partial charge in [-0.05, 0) is 43.4 Å². The molecule has 2 nitrogen and oxygen atoms in total. The average molecular weight is 318 g/mol. The van der Waals surface area contributed by atoms with Crippen molar-refractivity contribution in [3.8, 4) is 0 Å². The molecular weight excluding hydrogens is 282 g/mol. The lowest BCUT2D eigenvalue weighted by Gasteiger charge is -2.33. The Balaban J connectivity index is 3.10. The standard InChI is InChI=1S/C21H35NO/c1-5-9-14-19(15-10-6-2)22(21(23)12-7-3)20-16-11-13-18(8-4)17-20/h11,13,16-17,19H,5-10,12,14-15H2,1-4H3. The fourth-order valence-electron chi connectivity index (χ4n) is 3.10. The molecule has 0 unspecified atom stereocenters. The van der Waals surface area contributed by atoms with Gasteiger partial charge in [-0.25, -0.2) is 0 Å². The van der Waals surface area contributed by atoms with Crippen molar-refractivity contribution in [3.63, 3.8) is 0 Å². The molecule has 0 aliphatic carbocycles. The fraction of sp³-hybridized carbons (Fsp3) is 0.667. The molecule has 0 spiro atoms. The summed E-state index contributed by atoms with van der Waals surface area (Å²) in [5.41, 5.74) is 2.40. The van der Waals surface area contributed by atoms with Gasteiger partial charge in [-0.2, -0.15) is 0 Å². The van der Waals surface area contributed by atoms with Crippen LogP contribution in [0.25, 0.3) is 0 Å². The Labute approximate surface area is 143 Å². The molecule has 0 atom stereocenters. The van der Waals surface area contributed by atoms with Crippen LogP contribution in [0.15, 0.2) is 24.3 Å². The first-order valence-corrected chi connectivity index (χ1v) is 9.58. The highest BCUT2D eigenvalue weighted by molar-refractivity contribution is 5.94. The van der Waals surface area contributed by atoms with Crippen LogP contribution in [0.3, 0.4) is 0 Å². The maximum atomic E-state index is 12.8. The summed E-state index contributed by atoms with van der Waals surface area (Å²) < 4.78 is 0. The summed E-state index contributed by atoms with van der Waals surface area (Å²) in [4.78, 5) is 15.0. The minimum atomic E-state index is 0.290. The van der Waals surface area contributed by atoms with Gasteiger partial charge in [-0.1, -0.05) is 65.5 Å². The highest BCUT2D eigenvalue weighted by Gasteiger charge is 2.24. The number of rotatable bonds is 11. The van der Waals surface area contributed by atoms with Crippen LogP contribution >= 0.6 is 0 Å². The van der Waals surface area contributed by atoms with E-state index in [2.05, 4.69) is 56.9 Å². The van der Waals surface area contributed by atoms with Crippen molar-refractivity contribution >= 4 is 11.6 Å². The number of nitrogens with zero attached hydrogens (tertiary/aromatic N) is 1. The van der Waals surface area contributed by atoms with Gasteiger partial charge in [0.05, 0.1) is 0 Å². The second kappa shape index (κ2) is 11.3. The summed E-state index contributed by atoms with van der Waals surface area (Å²) in [6.45, 7) is 8.72. The molecule has 0 radical (unpaired) electrons. The van der Waals surface area contributed by atoms with E-state index in [9.17, 15) is 4.79 Å². The molecule has 0 saturated carbocycles. The molecule has 1 amide bonds. The van der Waals surface area contributed by atoms with E-state index in [1.54, 1.807) is 0 Å². The van der Waals surface area contributed by atoms with Crippen molar-refractivity contribution in [3.05, 3.63) is 29.8 Å². The third kappa shape index (κ3) is 6.37. The van der Waals surface area contributed by atoms with Crippen molar-refractivity contribution in [1.82, 2.24) is 0 Å². The topological polar surface area (TPSA) is 20.3 Å². The molecule has 2 heteroatoms.